The lowest BCUT2D eigenvalue weighted by Crippen LogP contribution is -2.31. The maximum atomic E-state index is 12.3. The molecule has 0 aliphatic rings. The van der Waals surface area contributed by atoms with Crippen molar-refractivity contribution in [3.63, 3.8) is 0 Å². The summed E-state index contributed by atoms with van der Waals surface area (Å²) >= 11 is 6.04. The highest BCUT2D eigenvalue weighted by atomic mass is 35.5. The number of carbonyl (C=O) groups excluding carboxylic acids is 1. The number of hydrogen-bond donors (Lipinski definition) is 1. The number of methoxy groups -OCH3 is 1. The van der Waals surface area contributed by atoms with Gasteiger partial charge in [-0.15, -0.1) is 0 Å². The van der Waals surface area contributed by atoms with E-state index < -0.39 is 6.04 Å². The van der Waals surface area contributed by atoms with Crippen molar-refractivity contribution in [2.24, 2.45) is 0 Å². The van der Waals surface area contributed by atoms with Crippen LogP contribution in [0.1, 0.15) is 18.5 Å². The van der Waals surface area contributed by atoms with E-state index in [0.29, 0.717) is 10.7 Å². The molecule has 5 nitrogen and oxygen atoms in total. The molecule has 0 saturated heterocycles. The Hall–Kier alpha value is -2.27. The van der Waals surface area contributed by atoms with Crippen LogP contribution in [-0.2, 0) is 4.79 Å². The lowest BCUT2D eigenvalue weighted by Gasteiger charge is -2.16. The SMILES string of the molecule is COc1cccn(C(C)C(=O)Nc2ccc(C)c(Cl)c2)c1=O. The first-order valence-electron chi connectivity index (χ1n) is 6.76. The number of nitrogens with zero attached hydrogens (tertiary/aromatic N) is 1. The summed E-state index contributed by atoms with van der Waals surface area (Å²) in [6.45, 7) is 3.53. The largest absolute Gasteiger partial charge is 0.491 e. The number of nitrogens with one attached hydrogen (secondary N) is 1. The molecule has 0 bridgehead atoms. The van der Waals surface area contributed by atoms with Crippen LogP contribution in [0.2, 0.25) is 5.02 Å². The predicted octanol–water partition coefficient (Wildman–Crippen LogP) is 3.02. The molecule has 0 saturated carbocycles. The molecular weight excluding hydrogens is 304 g/mol. The number of amides is 1. The average Bonchev–Trinajstić information content (AvgIpc) is 2.50. The van der Waals surface area contributed by atoms with E-state index in [1.807, 2.05) is 13.0 Å². The van der Waals surface area contributed by atoms with E-state index in [9.17, 15) is 9.59 Å². The van der Waals surface area contributed by atoms with Crippen molar-refractivity contribution < 1.29 is 9.53 Å². The first kappa shape index (κ1) is 16.1. The van der Waals surface area contributed by atoms with Crippen molar-refractivity contribution in [3.05, 3.63) is 57.5 Å². The zero-order chi connectivity index (χ0) is 16.3. The second-order valence-corrected chi connectivity index (χ2v) is 5.33. The number of aryl methyl sites for hydroxylation is 1. The van der Waals surface area contributed by atoms with Gasteiger partial charge in [0.05, 0.1) is 7.11 Å². The van der Waals surface area contributed by atoms with Crippen molar-refractivity contribution in [3.8, 4) is 5.75 Å². The van der Waals surface area contributed by atoms with Gasteiger partial charge in [0.1, 0.15) is 6.04 Å². The summed E-state index contributed by atoms with van der Waals surface area (Å²) in [4.78, 5) is 24.4. The van der Waals surface area contributed by atoms with Crippen molar-refractivity contribution in [1.29, 1.82) is 0 Å². The van der Waals surface area contributed by atoms with Crippen LogP contribution in [0, 0.1) is 6.92 Å². The summed E-state index contributed by atoms with van der Waals surface area (Å²) < 4.78 is 6.30. The highest BCUT2D eigenvalue weighted by molar-refractivity contribution is 6.31. The van der Waals surface area contributed by atoms with E-state index in [-0.39, 0.29) is 17.2 Å². The van der Waals surface area contributed by atoms with Crippen LogP contribution in [0.3, 0.4) is 0 Å². The number of hydrogen-bond acceptors (Lipinski definition) is 3. The topological polar surface area (TPSA) is 60.3 Å². The van der Waals surface area contributed by atoms with Crippen molar-refractivity contribution in [2.75, 3.05) is 12.4 Å². The number of aromatic nitrogens is 1. The van der Waals surface area contributed by atoms with Crippen LogP contribution < -0.4 is 15.6 Å². The third-order valence-corrected chi connectivity index (χ3v) is 3.80. The lowest BCUT2D eigenvalue weighted by molar-refractivity contribution is -0.118. The second kappa shape index (κ2) is 6.66. The maximum Gasteiger partial charge on any atom is 0.293 e. The Balaban J connectivity index is 2.22. The number of benzene rings is 1. The molecule has 116 valence electrons. The monoisotopic (exact) mass is 320 g/mol. The van der Waals surface area contributed by atoms with Crippen LogP contribution in [0.4, 0.5) is 5.69 Å². The Bertz CT molecular complexity index is 755. The number of pyridine rings is 1. The Morgan fingerprint density at radius 3 is 2.73 bits per heavy atom. The molecule has 0 fully saturated rings. The molecule has 0 aliphatic heterocycles. The quantitative estimate of drug-likeness (QED) is 0.942. The fraction of sp³-hybridized carbons (Fsp3) is 0.250. The molecule has 1 aromatic heterocycles. The van der Waals surface area contributed by atoms with Gasteiger partial charge in [-0.05, 0) is 43.7 Å². The van der Waals surface area contributed by atoms with Gasteiger partial charge in [-0.1, -0.05) is 17.7 Å². The summed E-state index contributed by atoms with van der Waals surface area (Å²) in [5.41, 5.74) is 1.16. The number of rotatable bonds is 4. The minimum atomic E-state index is -0.678. The van der Waals surface area contributed by atoms with Crippen LogP contribution in [0.15, 0.2) is 41.3 Å². The molecule has 22 heavy (non-hydrogen) atoms. The van der Waals surface area contributed by atoms with Crippen LogP contribution >= 0.6 is 11.6 Å². The summed E-state index contributed by atoms with van der Waals surface area (Å²) in [5.74, 6) is -0.115. The predicted molar refractivity (Wildman–Crippen MR) is 86.8 cm³/mol. The molecule has 1 heterocycles. The van der Waals surface area contributed by atoms with Gasteiger partial charge in [-0.2, -0.15) is 0 Å². The number of anilines is 1. The van der Waals surface area contributed by atoms with Gasteiger partial charge >= 0.3 is 0 Å². The molecular formula is C16H17ClN2O3. The Morgan fingerprint density at radius 2 is 2.09 bits per heavy atom. The van der Waals surface area contributed by atoms with Gasteiger partial charge in [0.2, 0.25) is 5.91 Å². The van der Waals surface area contributed by atoms with Gasteiger partial charge in [0, 0.05) is 16.9 Å². The summed E-state index contributed by atoms with van der Waals surface area (Å²) in [5, 5.41) is 3.32. The van der Waals surface area contributed by atoms with Crippen LogP contribution in [-0.4, -0.2) is 17.6 Å². The molecule has 1 amide bonds. The second-order valence-electron chi connectivity index (χ2n) is 4.92. The van der Waals surface area contributed by atoms with Gasteiger partial charge in [0.15, 0.2) is 5.75 Å². The summed E-state index contributed by atoms with van der Waals surface area (Å²) in [6, 6.07) is 7.80. The third kappa shape index (κ3) is 3.31. The Kier molecular flexibility index (Phi) is 4.88. The van der Waals surface area contributed by atoms with Crippen molar-refractivity contribution >= 4 is 23.2 Å². The molecule has 1 aromatic carbocycles. The van der Waals surface area contributed by atoms with E-state index in [2.05, 4.69) is 5.32 Å². The molecule has 0 spiro atoms. The van der Waals surface area contributed by atoms with E-state index in [1.54, 1.807) is 37.4 Å². The van der Waals surface area contributed by atoms with E-state index in [1.165, 1.54) is 11.7 Å². The van der Waals surface area contributed by atoms with Gasteiger partial charge in [-0.25, -0.2) is 0 Å². The molecule has 0 aliphatic carbocycles. The zero-order valence-corrected chi connectivity index (χ0v) is 13.3. The van der Waals surface area contributed by atoms with E-state index in [0.717, 1.165) is 5.56 Å². The number of halogens is 1. The number of ether oxygens (including phenoxy) is 1. The molecule has 1 unspecified atom stereocenters. The first-order valence-corrected chi connectivity index (χ1v) is 7.14. The fourth-order valence-electron chi connectivity index (χ4n) is 1.99. The molecule has 0 radical (unpaired) electrons. The highest BCUT2D eigenvalue weighted by Crippen LogP contribution is 2.20. The smallest absolute Gasteiger partial charge is 0.293 e. The van der Waals surface area contributed by atoms with Crippen molar-refractivity contribution in [2.45, 2.75) is 19.9 Å². The molecule has 6 heteroatoms. The van der Waals surface area contributed by atoms with Gasteiger partial charge in [-0.3, -0.25) is 9.59 Å². The minimum Gasteiger partial charge on any atom is -0.491 e. The lowest BCUT2D eigenvalue weighted by atomic mass is 10.2. The van der Waals surface area contributed by atoms with Crippen LogP contribution in [0.5, 0.6) is 5.75 Å². The van der Waals surface area contributed by atoms with Gasteiger partial charge in [0.25, 0.3) is 5.56 Å². The van der Waals surface area contributed by atoms with E-state index in [4.69, 9.17) is 16.3 Å². The number of carbonyl (C=O) groups is 1. The standard InChI is InChI=1S/C16H17ClN2O3/c1-10-6-7-12(9-13(10)17)18-15(20)11(2)19-8-4-5-14(22-3)16(19)21/h4-9,11H,1-3H3,(H,18,20). The Labute approximate surface area is 133 Å². The maximum absolute atomic E-state index is 12.3. The highest BCUT2D eigenvalue weighted by Gasteiger charge is 2.17. The zero-order valence-electron chi connectivity index (χ0n) is 12.6. The summed E-state index contributed by atoms with van der Waals surface area (Å²) in [6.07, 6.45) is 1.55. The first-order chi connectivity index (χ1) is 10.4. The Morgan fingerprint density at radius 1 is 1.36 bits per heavy atom. The van der Waals surface area contributed by atoms with Crippen LogP contribution in [0.25, 0.3) is 0 Å². The fourth-order valence-corrected chi connectivity index (χ4v) is 2.17. The summed E-state index contributed by atoms with van der Waals surface area (Å²) in [7, 11) is 1.42. The molecule has 2 rings (SSSR count). The van der Waals surface area contributed by atoms with Crippen molar-refractivity contribution in [1.82, 2.24) is 4.57 Å². The van der Waals surface area contributed by atoms with E-state index >= 15 is 0 Å². The average molecular weight is 321 g/mol. The molecule has 1 atom stereocenters. The minimum absolute atomic E-state index is 0.195. The third-order valence-electron chi connectivity index (χ3n) is 3.40. The normalized spacial score (nSPS) is 11.8. The van der Waals surface area contributed by atoms with Gasteiger partial charge < -0.3 is 14.6 Å². The molecule has 1 N–H and O–H groups in total. The molecule has 2 aromatic rings.